The molecule has 1 saturated carbocycles. The van der Waals surface area contributed by atoms with Crippen LogP contribution < -0.4 is 10.6 Å². The van der Waals surface area contributed by atoms with Crippen molar-refractivity contribution in [1.82, 2.24) is 4.98 Å². The number of hydrogen-bond donors (Lipinski definition) is 1. The van der Waals surface area contributed by atoms with Gasteiger partial charge in [0.2, 0.25) is 0 Å². The van der Waals surface area contributed by atoms with Gasteiger partial charge in [0.1, 0.15) is 0 Å². The zero-order valence-electron chi connectivity index (χ0n) is 9.60. The van der Waals surface area contributed by atoms with E-state index in [2.05, 4.69) is 25.8 Å². The van der Waals surface area contributed by atoms with E-state index in [4.69, 9.17) is 10.5 Å². The van der Waals surface area contributed by atoms with Gasteiger partial charge in [-0.05, 0) is 35.2 Å². The van der Waals surface area contributed by atoms with Crippen LogP contribution in [-0.4, -0.2) is 30.3 Å². The average molecular weight is 298 g/mol. The molecule has 0 aromatic carbocycles. The summed E-state index contributed by atoms with van der Waals surface area (Å²) in [5.41, 5.74) is 7.89. The van der Waals surface area contributed by atoms with Crippen molar-refractivity contribution >= 4 is 27.3 Å². The highest BCUT2D eigenvalue weighted by molar-refractivity contribution is 9.10. The van der Waals surface area contributed by atoms with E-state index >= 15 is 0 Å². The predicted molar refractivity (Wildman–Crippen MR) is 71.1 cm³/mol. The Morgan fingerprint density at radius 2 is 2.29 bits per heavy atom. The van der Waals surface area contributed by atoms with Crippen LogP contribution in [0.4, 0.5) is 11.4 Å². The van der Waals surface area contributed by atoms with Gasteiger partial charge in [-0.25, -0.2) is 0 Å². The molecule has 4 nitrogen and oxygen atoms in total. The third kappa shape index (κ3) is 1.91. The standard InChI is InChI=1S/C12H16BrN3O/c13-8-6-15-7-9(14)12(8)16-4-5-17-11-3-1-2-10(11)16/h6-7,10-11H,1-5,14H2. The van der Waals surface area contributed by atoms with Gasteiger partial charge in [-0.15, -0.1) is 0 Å². The van der Waals surface area contributed by atoms with Crippen molar-refractivity contribution in [3.63, 3.8) is 0 Å². The Balaban J connectivity index is 1.97. The number of fused-ring (bicyclic) bond motifs is 1. The van der Waals surface area contributed by atoms with Crippen LogP contribution >= 0.6 is 15.9 Å². The van der Waals surface area contributed by atoms with E-state index in [-0.39, 0.29) is 0 Å². The van der Waals surface area contributed by atoms with Crippen LogP contribution in [0, 0.1) is 0 Å². The summed E-state index contributed by atoms with van der Waals surface area (Å²) in [4.78, 5) is 6.49. The molecule has 2 N–H and O–H groups in total. The molecule has 2 heterocycles. The van der Waals surface area contributed by atoms with Gasteiger partial charge in [-0.1, -0.05) is 0 Å². The van der Waals surface area contributed by atoms with Crippen molar-refractivity contribution in [3.05, 3.63) is 16.9 Å². The van der Waals surface area contributed by atoms with Crippen LogP contribution in [0.15, 0.2) is 16.9 Å². The number of pyridine rings is 1. The molecule has 2 unspecified atom stereocenters. The maximum Gasteiger partial charge on any atom is 0.0780 e. The summed E-state index contributed by atoms with van der Waals surface area (Å²) < 4.78 is 6.80. The highest BCUT2D eigenvalue weighted by atomic mass is 79.9. The van der Waals surface area contributed by atoms with E-state index in [0.717, 1.165) is 29.0 Å². The lowest BCUT2D eigenvalue weighted by molar-refractivity contribution is 0.0256. The maximum absolute atomic E-state index is 6.06. The predicted octanol–water partition coefficient (Wildman–Crippen LogP) is 2.18. The van der Waals surface area contributed by atoms with Gasteiger partial charge in [-0.2, -0.15) is 0 Å². The van der Waals surface area contributed by atoms with Crippen molar-refractivity contribution in [3.8, 4) is 0 Å². The second-order valence-corrected chi connectivity index (χ2v) is 5.51. The molecular formula is C12H16BrN3O. The molecule has 92 valence electrons. The van der Waals surface area contributed by atoms with Crippen LogP contribution in [0.1, 0.15) is 19.3 Å². The number of anilines is 2. The quantitative estimate of drug-likeness (QED) is 0.863. The molecule has 2 aliphatic rings. The molecule has 1 aromatic heterocycles. The van der Waals surface area contributed by atoms with Crippen molar-refractivity contribution in [1.29, 1.82) is 0 Å². The second-order valence-electron chi connectivity index (χ2n) is 4.66. The number of halogens is 1. The van der Waals surface area contributed by atoms with Gasteiger partial charge in [0.25, 0.3) is 0 Å². The van der Waals surface area contributed by atoms with Gasteiger partial charge < -0.3 is 15.4 Å². The first-order valence-corrected chi connectivity index (χ1v) is 6.84. The molecule has 2 atom stereocenters. The third-order valence-electron chi connectivity index (χ3n) is 3.67. The summed E-state index contributed by atoms with van der Waals surface area (Å²) in [5, 5.41) is 0. The molecule has 0 bridgehead atoms. The van der Waals surface area contributed by atoms with Crippen LogP contribution in [0.5, 0.6) is 0 Å². The minimum atomic E-state index is 0.378. The first-order chi connectivity index (χ1) is 8.27. The number of morpholine rings is 1. The Morgan fingerprint density at radius 1 is 1.41 bits per heavy atom. The van der Waals surface area contributed by atoms with Crippen molar-refractivity contribution in [2.45, 2.75) is 31.4 Å². The minimum Gasteiger partial charge on any atom is -0.396 e. The molecule has 3 rings (SSSR count). The fraction of sp³-hybridized carbons (Fsp3) is 0.583. The topological polar surface area (TPSA) is 51.4 Å². The highest BCUT2D eigenvalue weighted by Gasteiger charge is 2.37. The number of nitrogens with zero attached hydrogens (tertiary/aromatic N) is 2. The van der Waals surface area contributed by atoms with E-state index in [1.165, 1.54) is 19.3 Å². The van der Waals surface area contributed by atoms with E-state index in [1.54, 1.807) is 6.20 Å². The number of nitrogens with two attached hydrogens (primary N) is 1. The van der Waals surface area contributed by atoms with Crippen LogP contribution in [0.3, 0.4) is 0 Å². The lowest BCUT2D eigenvalue weighted by atomic mass is 10.1. The van der Waals surface area contributed by atoms with Crippen molar-refractivity contribution in [2.75, 3.05) is 23.8 Å². The van der Waals surface area contributed by atoms with E-state index < -0.39 is 0 Å². The molecule has 5 heteroatoms. The smallest absolute Gasteiger partial charge is 0.0780 e. The number of ether oxygens (including phenoxy) is 1. The first-order valence-electron chi connectivity index (χ1n) is 6.04. The number of nitrogen functional groups attached to an aromatic ring is 1. The van der Waals surface area contributed by atoms with Gasteiger partial charge in [0.05, 0.1) is 40.8 Å². The summed E-state index contributed by atoms with van der Waals surface area (Å²) in [6.45, 7) is 1.70. The van der Waals surface area contributed by atoms with Gasteiger partial charge in [0.15, 0.2) is 0 Å². The molecule has 0 amide bonds. The summed E-state index contributed by atoms with van der Waals surface area (Å²) in [5.74, 6) is 0. The lowest BCUT2D eigenvalue weighted by Gasteiger charge is -2.40. The Hall–Kier alpha value is -0.810. The van der Waals surface area contributed by atoms with E-state index in [9.17, 15) is 0 Å². The third-order valence-corrected chi connectivity index (χ3v) is 4.25. The largest absolute Gasteiger partial charge is 0.396 e. The fourth-order valence-electron chi connectivity index (χ4n) is 2.95. The number of aromatic nitrogens is 1. The zero-order valence-corrected chi connectivity index (χ0v) is 11.2. The first kappa shape index (κ1) is 11.3. The summed E-state index contributed by atoms with van der Waals surface area (Å²) >= 11 is 3.55. The molecule has 1 saturated heterocycles. The molecule has 0 spiro atoms. The van der Waals surface area contributed by atoms with Gasteiger partial charge in [-0.3, -0.25) is 4.98 Å². The monoisotopic (exact) mass is 297 g/mol. The highest BCUT2D eigenvalue weighted by Crippen LogP contribution is 2.38. The lowest BCUT2D eigenvalue weighted by Crippen LogP contribution is -2.49. The molecule has 17 heavy (non-hydrogen) atoms. The van der Waals surface area contributed by atoms with Crippen LogP contribution in [0.25, 0.3) is 0 Å². The molecule has 0 radical (unpaired) electrons. The zero-order chi connectivity index (χ0) is 11.8. The molecule has 1 aliphatic heterocycles. The molecule has 1 aromatic rings. The van der Waals surface area contributed by atoms with E-state index in [0.29, 0.717) is 12.1 Å². The second kappa shape index (κ2) is 4.46. The van der Waals surface area contributed by atoms with Crippen molar-refractivity contribution < 1.29 is 4.74 Å². The maximum atomic E-state index is 6.06. The SMILES string of the molecule is Nc1cncc(Br)c1N1CCOC2CCCC21. The van der Waals surface area contributed by atoms with E-state index in [1.807, 2.05) is 6.20 Å². The van der Waals surface area contributed by atoms with Crippen LogP contribution in [-0.2, 0) is 4.74 Å². The number of rotatable bonds is 1. The number of hydrogen-bond acceptors (Lipinski definition) is 4. The Bertz CT molecular complexity index is 406. The normalized spacial score (nSPS) is 28.2. The Kier molecular flexibility index (Phi) is 2.96. The fourth-order valence-corrected chi connectivity index (χ4v) is 3.52. The molecular weight excluding hydrogens is 282 g/mol. The average Bonchev–Trinajstić information content (AvgIpc) is 2.77. The van der Waals surface area contributed by atoms with Gasteiger partial charge in [0, 0.05) is 12.7 Å². The Labute approximate surface area is 109 Å². The summed E-state index contributed by atoms with van der Waals surface area (Å²) in [6.07, 6.45) is 7.52. The Morgan fingerprint density at radius 3 is 3.12 bits per heavy atom. The van der Waals surface area contributed by atoms with Crippen molar-refractivity contribution in [2.24, 2.45) is 0 Å². The van der Waals surface area contributed by atoms with Crippen LogP contribution in [0.2, 0.25) is 0 Å². The molecule has 1 aliphatic carbocycles. The summed E-state index contributed by atoms with van der Waals surface area (Å²) in [6, 6.07) is 0.477. The van der Waals surface area contributed by atoms with Gasteiger partial charge >= 0.3 is 0 Å². The minimum absolute atomic E-state index is 0.378. The molecule has 2 fully saturated rings. The summed E-state index contributed by atoms with van der Waals surface area (Å²) in [7, 11) is 0.